The van der Waals surface area contributed by atoms with E-state index >= 15 is 0 Å². The maximum Gasteiger partial charge on any atom is 0.0195 e. The lowest BCUT2D eigenvalue weighted by molar-refractivity contribution is 0.237. The molecule has 1 nitrogen and oxygen atoms in total. The second-order valence-corrected chi connectivity index (χ2v) is 10.6. The third kappa shape index (κ3) is 3.77. The van der Waals surface area contributed by atoms with Gasteiger partial charge in [-0.2, -0.15) is 0 Å². The number of benzene rings is 2. The lowest BCUT2D eigenvalue weighted by atomic mass is 9.98. The normalized spacial score (nSPS) is 25.3. The van der Waals surface area contributed by atoms with Gasteiger partial charge in [0, 0.05) is 10.9 Å². The van der Waals surface area contributed by atoms with Crippen LogP contribution in [-0.4, -0.2) is 35.5 Å². The van der Waals surface area contributed by atoms with Crippen LogP contribution in [0.1, 0.15) is 19.8 Å². The van der Waals surface area contributed by atoms with Crippen LogP contribution in [0.2, 0.25) is 0 Å². The van der Waals surface area contributed by atoms with Crippen LogP contribution < -0.4 is 10.6 Å². The molecule has 0 bridgehead atoms. The quantitative estimate of drug-likeness (QED) is 0.520. The van der Waals surface area contributed by atoms with Crippen molar-refractivity contribution in [2.45, 2.75) is 36.3 Å². The van der Waals surface area contributed by atoms with Crippen LogP contribution in [0.3, 0.4) is 0 Å². The Morgan fingerprint density at radius 2 is 1.42 bits per heavy atom. The summed E-state index contributed by atoms with van der Waals surface area (Å²) in [5.41, 5.74) is 0.728. The molecule has 24 heavy (non-hydrogen) atoms. The molecule has 4 atom stereocenters. The fourth-order valence-electron chi connectivity index (χ4n) is 3.93. The van der Waals surface area contributed by atoms with Crippen LogP contribution in [-0.2, 0) is 0 Å². The van der Waals surface area contributed by atoms with Crippen molar-refractivity contribution in [3.05, 3.63) is 60.7 Å². The van der Waals surface area contributed by atoms with Crippen LogP contribution in [0.5, 0.6) is 0 Å². The minimum absolute atomic E-state index is 0.332. The van der Waals surface area contributed by atoms with E-state index < -0.39 is 0 Å². The molecule has 3 rings (SSSR count). The monoisotopic (exact) mass is 403 g/mol. The molecule has 2 aromatic carbocycles. The molecular weight excluding hydrogens is 377 g/mol. The number of nitrogens with zero attached hydrogens (tertiary/aromatic N) is 1. The van der Waals surface area contributed by atoms with Gasteiger partial charge < -0.3 is 4.90 Å². The molecule has 0 N–H and O–H groups in total. The molecule has 1 fully saturated rings. The first-order chi connectivity index (χ1) is 11.6. The molecular formula is C21H27BrNP. The number of hydrogen-bond acceptors (Lipinski definition) is 1. The molecule has 0 radical (unpaired) electrons. The van der Waals surface area contributed by atoms with Crippen molar-refractivity contribution >= 4 is 34.5 Å². The van der Waals surface area contributed by atoms with E-state index in [0.29, 0.717) is 16.8 Å². The molecule has 0 aliphatic heterocycles. The van der Waals surface area contributed by atoms with Crippen LogP contribution in [0, 0.1) is 5.92 Å². The molecule has 0 spiro atoms. The summed E-state index contributed by atoms with van der Waals surface area (Å²) in [6.07, 6.45) is 2.60. The Kier molecular flexibility index (Phi) is 6.13. The molecule has 1 aliphatic carbocycles. The fraction of sp³-hybridized carbons (Fsp3) is 0.429. The van der Waals surface area contributed by atoms with Gasteiger partial charge in [-0.05, 0) is 64.0 Å². The lowest BCUT2D eigenvalue weighted by Crippen LogP contribution is -2.41. The number of hydrogen-bond donors (Lipinski definition) is 0. The van der Waals surface area contributed by atoms with Crippen LogP contribution in [0.4, 0.5) is 0 Å². The van der Waals surface area contributed by atoms with Gasteiger partial charge in [-0.15, -0.1) is 0 Å². The van der Waals surface area contributed by atoms with Crippen molar-refractivity contribution in [2.75, 3.05) is 14.1 Å². The third-order valence-electron chi connectivity index (χ3n) is 5.37. The van der Waals surface area contributed by atoms with Crippen molar-refractivity contribution in [1.29, 1.82) is 0 Å². The first-order valence-corrected chi connectivity index (χ1v) is 11.1. The summed E-state index contributed by atoms with van der Waals surface area (Å²) in [6.45, 7) is 2.39. The standard InChI is InChI=1S/C21H27BrNP/c1-16(23(2)3)21-19(22)14-15-20(21)24(17-10-6-4-7-11-17)18-12-8-5-9-13-18/h4-13,16,19-21H,14-15H2,1-3H3. The summed E-state index contributed by atoms with van der Waals surface area (Å²) in [4.78, 5) is 3.01. The van der Waals surface area contributed by atoms with Gasteiger partial charge in [0.1, 0.15) is 0 Å². The lowest BCUT2D eigenvalue weighted by Gasteiger charge is -2.37. The van der Waals surface area contributed by atoms with E-state index in [1.54, 1.807) is 0 Å². The molecule has 1 saturated carbocycles. The van der Waals surface area contributed by atoms with E-state index in [4.69, 9.17) is 0 Å². The second kappa shape index (κ2) is 8.13. The summed E-state index contributed by atoms with van der Waals surface area (Å²) in [5, 5.41) is 3.03. The highest BCUT2D eigenvalue weighted by Gasteiger charge is 2.43. The van der Waals surface area contributed by atoms with Crippen molar-refractivity contribution in [3.63, 3.8) is 0 Å². The predicted molar refractivity (Wildman–Crippen MR) is 111 cm³/mol. The third-order valence-corrected chi connectivity index (χ3v) is 9.42. The second-order valence-electron chi connectivity index (χ2n) is 6.98. The average Bonchev–Trinajstić information content (AvgIpc) is 2.97. The Labute approximate surface area is 156 Å². The highest BCUT2D eigenvalue weighted by atomic mass is 79.9. The Morgan fingerprint density at radius 1 is 0.917 bits per heavy atom. The van der Waals surface area contributed by atoms with Gasteiger partial charge in [0.2, 0.25) is 0 Å². The van der Waals surface area contributed by atoms with E-state index in [1.165, 1.54) is 23.5 Å². The van der Waals surface area contributed by atoms with E-state index in [-0.39, 0.29) is 7.92 Å². The zero-order valence-corrected chi connectivity index (χ0v) is 17.2. The van der Waals surface area contributed by atoms with Crippen molar-refractivity contribution < 1.29 is 0 Å². The van der Waals surface area contributed by atoms with Crippen molar-refractivity contribution in [1.82, 2.24) is 4.90 Å². The fourth-order valence-corrected chi connectivity index (χ4v) is 8.50. The summed E-state index contributed by atoms with van der Waals surface area (Å²) in [5.74, 6) is 0.687. The Bertz CT molecular complexity index is 591. The van der Waals surface area contributed by atoms with Crippen molar-refractivity contribution in [3.8, 4) is 0 Å². The maximum absolute atomic E-state index is 4.01. The van der Waals surface area contributed by atoms with Gasteiger partial charge in [-0.25, -0.2) is 0 Å². The Balaban J connectivity index is 2.02. The average molecular weight is 404 g/mol. The van der Waals surface area contributed by atoms with Crippen molar-refractivity contribution in [2.24, 2.45) is 5.92 Å². The van der Waals surface area contributed by atoms with Crippen LogP contribution in [0.25, 0.3) is 0 Å². The van der Waals surface area contributed by atoms with Crippen LogP contribution in [0.15, 0.2) is 60.7 Å². The molecule has 0 aromatic heterocycles. The zero-order valence-electron chi connectivity index (χ0n) is 14.8. The molecule has 3 heteroatoms. The molecule has 0 saturated heterocycles. The van der Waals surface area contributed by atoms with E-state index in [2.05, 4.69) is 103 Å². The maximum atomic E-state index is 4.01. The van der Waals surface area contributed by atoms with Gasteiger partial charge in [-0.3, -0.25) is 0 Å². The minimum Gasteiger partial charge on any atom is -0.306 e. The van der Waals surface area contributed by atoms with Gasteiger partial charge in [0.25, 0.3) is 0 Å². The number of halogens is 1. The highest BCUT2D eigenvalue weighted by molar-refractivity contribution is 9.09. The molecule has 1 aliphatic rings. The summed E-state index contributed by atoms with van der Waals surface area (Å²) in [7, 11) is 4.10. The van der Waals surface area contributed by atoms with Gasteiger partial charge >= 0.3 is 0 Å². The van der Waals surface area contributed by atoms with Gasteiger partial charge in [0.05, 0.1) is 0 Å². The SMILES string of the molecule is CC(C1C(Br)CCC1P(c1ccccc1)c1ccccc1)N(C)C. The Morgan fingerprint density at radius 3 is 1.88 bits per heavy atom. The first kappa shape index (κ1) is 18.1. The molecule has 0 amide bonds. The zero-order chi connectivity index (χ0) is 17.1. The van der Waals surface area contributed by atoms with E-state index in [1.807, 2.05) is 0 Å². The van der Waals surface area contributed by atoms with Gasteiger partial charge in [-0.1, -0.05) is 76.6 Å². The summed E-state index contributed by atoms with van der Waals surface area (Å²) in [6, 6.07) is 22.9. The molecule has 0 heterocycles. The minimum atomic E-state index is -0.332. The number of rotatable bonds is 5. The Hall–Kier alpha value is -0.690. The highest BCUT2D eigenvalue weighted by Crippen LogP contribution is 2.53. The largest absolute Gasteiger partial charge is 0.306 e. The molecule has 2 aromatic rings. The first-order valence-electron chi connectivity index (χ1n) is 8.79. The van der Waals surface area contributed by atoms with Gasteiger partial charge in [0.15, 0.2) is 0 Å². The predicted octanol–water partition coefficient (Wildman–Crippen LogP) is 4.61. The number of alkyl halides is 1. The summed E-state index contributed by atoms with van der Waals surface area (Å²) >= 11 is 4.01. The summed E-state index contributed by atoms with van der Waals surface area (Å²) < 4.78 is 0. The topological polar surface area (TPSA) is 3.24 Å². The van der Waals surface area contributed by atoms with E-state index in [9.17, 15) is 0 Å². The smallest absolute Gasteiger partial charge is 0.0195 e. The van der Waals surface area contributed by atoms with Crippen LogP contribution >= 0.6 is 23.9 Å². The molecule has 4 unspecified atom stereocenters. The molecule has 128 valence electrons. The van der Waals surface area contributed by atoms with E-state index in [0.717, 1.165) is 5.66 Å².